The molecule has 3 aromatic rings. The molecule has 0 aliphatic carbocycles. The van der Waals surface area contributed by atoms with Gasteiger partial charge in [0.05, 0.1) is 10.4 Å². The predicted molar refractivity (Wildman–Crippen MR) is 109 cm³/mol. The molecule has 0 aliphatic rings. The number of hydrogen-bond donors (Lipinski definition) is 1. The van der Waals surface area contributed by atoms with Crippen molar-refractivity contribution in [1.29, 1.82) is 0 Å². The van der Waals surface area contributed by atoms with Crippen LogP contribution in [-0.4, -0.2) is 24.3 Å². The topological polar surface area (TPSA) is 72.5 Å². The predicted octanol–water partition coefficient (Wildman–Crippen LogP) is 4.60. The van der Waals surface area contributed by atoms with Crippen molar-refractivity contribution in [3.63, 3.8) is 0 Å². The summed E-state index contributed by atoms with van der Waals surface area (Å²) in [4.78, 5) is 36.9. The zero-order valence-corrected chi connectivity index (χ0v) is 16.1. The number of hydrogen-bond acceptors (Lipinski definition) is 5. The monoisotopic (exact) mass is 393 g/mol. The number of rotatable bonds is 7. The average molecular weight is 393 g/mol. The van der Waals surface area contributed by atoms with Gasteiger partial charge in [-0.2, -0.15) is 0 Å². The third kappa shape index (κ3) is 4.92. The Kier molecular flexibility index (Phi) is 6.34. The van der Waals surface area contributed by atoms with Gasteiger partial charge in [0.2, 0.25) is 0 Å². The number of nitrogens with one attached hydrogen (secondary N) is 1. The maximum absolute atomic E-state index is 12.1. The summed E-state index contributed by atoms with van der Waals surface area (Å²) in [6.45, 7) is 1.72. The highest BCUT2D eigenvalue weighted by Crippen LogP contribution is 2.15. The van der Waals surface area contributed by atoms with Crippen LogP contribution < -0.4 is 5.32 Å². The Labute approximate surface area is 167 Å². The molecule has 2 aromatic carbocycles. The van der Waals surface area contributed by atoms with Gasteiger partial charge in [-0.25, -0.2) is 4.79 Å². The lowest BCUT2D eigenvalue weighted by atomic mass is 10.1. The molecular formula is C22H19NO4S. The number of amides is 1. The molecule has 0 saturated carbocycles. The normalized spacial score (nSPS) is 10.3. The van der Waals surface area contributed by atoms with Crippen molar-refractivity contribution in [2.45, 2.75) is 13.3 Å². The zero-order valence-electron chi connectivity index (χ0n) is 15.3. The first kappa shape index (κ1) is 19.5. The second kappa shape index (κ2) is 9.10. The Balaban J connectivity index is 1.54. The number of esters is 1. The molecule has 1 N–H and O–H groups in total. The molecular weight excluding hydrogens is 374 g/mol. The van der Waals surface area contributed by atoms with E-state index in [1.54, 1.807) is 48.5 Å². The minimum Gasteiger partial charge on any atom is -0.454 e. The van der Waals surface area contributed by atoms with E-state index in [4.69, 9.17) is 4.74 Å². The lowest BCUT2D eigenvalue weighted by Crippen LogP contribution is -2.14. The van der Waals surface area contributed by atoms with Crippen molar-refractivity contribution in [1.82, 2.24) is 0 Å². The van der Waals surface area contributed by atoms with Gasteiger partial charge in [0.25, 0.3) is 5.91 Å². The number of thiophene rings is 1. The number of benzene rings is 2. The summed E-state index contributed by atoms with van der Waals surface area (Å²) in [5, 5.41) is 4.58. The molecule has 0 aliphatic heterocycles. The highest BCUT2D eigenvalue weighted by Gasteiger charge is 2.13. The van der Waals surface area contributed by atoms with E-state index >= 15 is 0 Å². The van der Waals surface area contributed by atoms with Crippen molar-refractivity contribution in [3.05, 3.63) is 87.6 Å². The fraction of sp³-hybridized carbons (Fsp3) is 0.136. The molecule has 1 amide bonds. The Morgan fingerprint density at radius 3 is 2.21 bits per heavy atom. The Morgan fingerprint density at radius 2 is 1.61 bits per heavy atom. The van der Waals surface area contributed by atoms with Gasteiger partial charge < -0.3 is 10.1 Å². The van der Waals surface area contributed by atoms with Crippen molar-refractivity contribution in [3.8, 4) is 0 Å². The molecule has 0 spiro atoms. The molecule has 142 valence electrons. The van der Waals surface area contributed by atoms with Gasteiger partial charge in [-0.15, -0.1) is 11.3 Å². The maximum Gasteiger partial charge on any atom is 0.338 e. The molecule has 1 heterocycles. The van der Waals surface area contributed by atoms with Crippen LogP contribution in [-0.2, 0) is 11.2 Å². The highest BCUT2D eigenvalue weighted by atomic mass is 32.1. The third-order valence-electron chi connectivity index (χ3n) is 4.14. The van der Waals surface area contributed by atoms with Crippen LogP contribution in [0.4, 0.5) is 5.69 Å². The molecule has 0 unspecified atom stereocenters. The standard InChI is InChI=1S/C22H19NO4S/c1-2-15-5-7-16(8-6-15)19(24)14-27-22(26)17-9-11-18(12-10-17)23-21(25)20-4-3-13-28-20/h3-13H,2,14H2,1H3,(H,23,25). The maximum atomic E-state index is 12.1. The average Bonchev–Trinajstić information content (AvgIpc) is 3.27. The summed E-state index contributed by atoms with van der Waals surface area (Å²) >= 11 is 1.35. The number of Topliss-reactive ketones (excluding diaryl/α,β-unsaturated/α-hetero) is 1. The first-order chi connectivity index (χ1) is 13.6. The smallest absolute Gasteiger partial charge is 0.338 e. The molecule has 0 bridgehead atoms. The lowest BCUT2D eigenvalue weighted by Gasteiger charge is -2.07. The summed E-state index contributed by atoms with van der Waals surface area (Å²) in [5.41, 5.74) is 2.53. The fourth-order valence-corrected chi connectivity index (χ4v) is 3.13. The molecule has 0 radical (unpaired) electrons. The molecule has 6 heteroatoms. The van der Waals surface area contributed by atoms with Crippen LogP contribution in [0.1, 0.15) is 42.9 Å². The number of ether oxygens (including phenoxy) is 1. The van der Waals surface area contributed by atoms with E-state index < -0.39 is 5.97 Å². The largest absolute Gasteiger partial charge is 0.454 e. The second-order valence-electron chi connectivity index (χ2n) is 6.06. The molecule has 1 aromatic heterocycles. The van der Waals surface area contributed by atoms with Gasteiger partial charge in [-0.3, -0.25) is 9.59 Å². The first-order valence-corrected chi connectivity index (χ1v) is 9.69. The number of aryl methyl sites for hydroxylation is 1. The molecule has 0 fully saturated rings. The van der Waals surface area contributed by atoms with Crippen molar-refractivity contribution in [2.75, 3.05) is 11.9 Å². The number of carbonyl (C=O) groups excluding carboxylic acids is 3. The lowest BCUT2D eigenvalue weighted by molar-refractivity contribution is 0.0475. The number of ketones is 1. The van der Waals surface area contributed by atoms with Gasteiger partial charge >= 0.3 is 5.97 Å². The van der Waals surface area contributed by atoms with Crippen LogP contribution in [0.25, 0.3) is 0 Å². The molecule has 3 rings (SSSR count). The van der Waals surface area contributed by atoms with Crippen LogP contribution >= 0.6 is 11.3 Å². The van der Waals surface area contributed by atoms with E-state index in [-0.39, 0.29) is 18.3 Å². The van der Waals surface area contributed by atoms with E-state index in [1.165, 1.54) is 11.3 Å². The van der Waals surface area contributed by atoms with Crippen molar-refractivity contribution < 1.29 is 19.1 Å². The number of carbonyl (C=O) groups is 3. The van der Waals surface area contributed by atoms with Gasteiger partial charge in [-0.1, -0.05) is 37.3 Å². The summed E-state index contributed by atoms with van der Waals surface area (Å²) in [6, 6.07) is 17.1. The SMILES string of the molecule is CCc1ccc(C(=O)COC(=O)c2ccc(NC(=O)c3cccs3)cc2)cc1. The van der Waals surface area contributed by atoms with Crippen LogP contribution in [0.2, 0.25) is 0 Å². The van der Waals surface area contributed by atoms with Gasteiger partial charge in [0.1, 0.15) is 0 Å². The van der Waals surface area contributed by atoms with Gasteiger partial charge in [0.15, 0.2) is 12.4 Å². The van der Waals surface area contributed by atoms with Gasteiger partial charge in [-0.05, 0) is 47.7 Å². The Bertz CT molecular complexity index is 961. The minimum absolute atomic E-state index is 0.204. The zero-order chi connectivity index (χ0) is 19.9. The van der Waals surface area contributed by atoms with E-state index in [9.17, 15) is 14.4 Å². The van der Waals surface area contributed by atoms with Crippen LogP contribution in [0.15, 0.2) is 66.0 Å². The summed E-state index contributed by atoms with van der Waals surface area (Å²) in [7, 11) is 0. The van der Waals surface area contributed by atoms with Crippen LogP contribution in [0.5, 0.6) is 0 Å². The summed E-state index contributed by atoms with van der Waals surface area (Å²) in [5.74, 6) is -1.05. The quantitative estimate of drug-likeness (QED) is 0.470. The first-order valence-electron chi connectivity index (χ1n) is 8.81. The summed E-state index contributed by atoms with van der Waals surface area (Å²) in [6.07, 6.45) is 0.896. The molecule has 0 atom stereocenters. The van der Waals surface area contributed by atoms with E-state index in [1.807, 2.05) is 24.4 Å². The van der Waals surface area contributed by atoms with Crippen LogP contribution in [0.3, 0.4) is 0 Å². The fourth-order valence-electron chi connectivity index (χ4n) is 2.51. The molecule has 5 nitrogen and oxygen atoms in total. The highest BCUT2D eigenvalue weighted by molar-refractivity contribution is 7.12. The summed E-state index contributed by atoms with van der Waals surface area (Å²) < 4.78 is 5.11. The van der Waals surface area contributed by atoms with Crippen LogP contribution in [0, 0.1) is 0 Å². The second-order valence-corrected chi connectivity index (χ2v) is 7.01. The molecule has 0 saturated heterocycles. The minimum atomic E-state index is -0.588. The van der Waals surface area contributed by atoms with Crippen molar-refractivity contribution in [2.24, 2.45) is 0 Å². The number of anilines is 1. The Hall–Kier alpha value is -3.25. The Morgan fingerprint density at radius 1 is 0.929 bits per heavy atom. The van der Waals surface area contributed by atoms with E-state index in [0.717, 1.165) is 12.0 Å². The van der Waals surface area contributed by atoms with E-state index in [2.05, 4.69) is 5.32 Å². The van der Waals surface area contributed by atoms with E-state index in [0.29, 0.717) is 21.7 Å². The van der Waals surface area contributed by atoms with Gasteiger partial charge in [0, 0.05) is 11.3 Å². The third-order valence-corrected chi connectivity index (χ3v) is 5.01. The molecule has 28 heavy (non-hydrogen) atoms. The van der Waals surface area contributed by atoms with Crippen molar-refractivity contribution >= 4 is 34.7 Å².